The van der Waals surface area contributed by atoms with Gasteiger partial charge in [0, 0.05) is 26.3 Å². The van der Waals surface area contributed by atoms with Gasteiger partial charge in [-0.25, -0.2) is 0 Å². The van der Waals surface area contributed by atoms with E-state index in [1.165, 1.54) is 11.8 Å². The Labute approximate surface area is 145 Å². The van der Waals surface area contributed by atoms with E-state index in [4.69, 9.17) is 11.0 Å². The molecule has 1 heterocycles. The van der Waals surface area contributed by atoms with Gasteiger partial charge in [0.05, 0.1) is 17.7 Å². The zero-order valence-electron chi connectivity index (χ0n) is 13.8. The van der Waals surface area contributed by atoms with Crippen LogP contribution in [0.25, 0.3) is 0 Å². The number of nitrogens with two attached hydrogens (primary N) is 1. The predicted molar refractivity (Wildman–Crippen MR) is 87.8 cm³/mol. The van der Waals surface area contributed by atoms with E-state index < -0.39 is 30.0 Å². The first-order valence-corrected chi connectivity index (χ1v) is 7.86. The molecule has 1 saturated heterocycles. The number of nitrogens with zero attached hydrogens (tertiary/aromatic N) is 2. The zero-order chi connectivity index (χ0) is 18.6. The maximum Gasteiger partial charge on any atom is 0.243 e. The largest absolute Gasteiger partial charge is 0.391 e. The first-order valence-electron chi connectivity index (χ1n) is 7.86. The van der Waals surface area contributed by atoms with Gasteiger partial charge in [-0.1, -0.05) is 18.2 Å². The molecule has 8 nitrogen and oxygen atoms in total. The molecule has 25 heavy (non-hydrogen) atoms. The van der Waals surface area contributed by atoms with Crippen molar-refractivity contribution in [2.45, 2.75) is 38.0 Å². The maximum atomic E-state index is 12.5. The fourth-order valence-electron chi connectivity index (χ4n) is 2.93. The first-order chi connectivity index (χ1) is 11.8. The fourth-order valence-corrected chi connectivity index (χ4v) is 2.93. The number of hydrogen-bond donors (Lipinski definition) is 3. The van der Waals surface area contributed by atoms with Crippen molar-refractivity contribution in [1.82, 2.24) is 10.2 Å². The molecule has 1 fully saturated rings. The molecule has 8 heteroatoms. The Kier molecular flexibility index (Phi) is 5.72. The van der Waals surface area contributed by atoms with Gasteiger partial charge in [-0.2, -0.15) is 5.26 Å². The van der Waals surface area contributed by atoms with Crippen LogP contribution in [0, 0.1) is 11.3 Å². The molecule has 1 aliphatic heterocycles. The number of aliphatic hydroxyl groups is 1. The van der Waals surface area contributed by atoms with Crippen LogP contribution < -0.4 is 11.1 Å². The van der Waals surface area contributed by atoms with Crippen molar-refractivity contribution in [3.05, 3.63) is 35.4 Å². The van der Waals surface area contributed by atoms with E-state index in [0.29, 0.717) is 11.1 Å². The van der Waals surface area contributed by atoms with Crippen LogP contribution in [-0.4, -0.2) is 52.5 Å². The number of β-amino-alcohol motifs (C(OH)–C–C–N with tert-alkyl or cyclic N) is 1. The van der Waals surface area contributed by atoms with Gasteiger partial charge in [0.2, 0.25) is 17.7 Å². The summed E-state index contributed by atoms with van der Waals surface area (Å²) in [6.45, 7) is 1.39. The molecule has 1 aromatic rings. The lowest BCUT2D eigenvalue weighted by molar-refractivity contribution is -0.138. The lowest BCUT2D eigenvalue weighted by Crippen LogP contribution is -2.52. The highest BCUT2D eigenvalue weighted by Gasteiger charge is 2.38. The van der Waals surface area contributed by atoms with E-state index in [2.05, 4.69) is 5.32 Å². The van der Waals surface area contributed by atoms with E-state index in [1.54, 1.807) is 24.3 Å². The Bertz CT molecular complexity index is 728. The first kappa shape index (κ1) is 18.4. The molecule has 0 unspecified atom stereocenters. The van der Waals surface area contributed by atoms with Gasteiger partial charge in [0.1, 0.15) is 12.1 Å². The Hall–Kier alpha value is -2.92. The lowest BCUT2D eigenvalue weighted by atomic mass is 10.00. The van der Waals surface area contributed by atoms with Gasteiger partial charge in [-0.3, -0.25) is 14.4 Å². The van der Waals surface area contributed by atoms with E-state index in [1.807, 2.05) is 6.07 Å². The van der Waals surface area contributed by atoms with Crippen molar-refractivity contribution >= 4 is 17.7 Å². The number of nitrogens with one attached hydrogen (secondary N) is 1. The van der Waals surface area contributed by atoms with Crippen LogP contribution in [0.15, 0.2) is 24.3 Å². The summed E-state index contributed by atoms with van der Waals surface area (Å²) in [6.07, 6.45) is -0.614. The van der Waals surface area contributed by atoms with Crippen molar-refractivity contribution in [2.24, 2.45) is 5.73 Å². The molecule has 0 spiro atoms. The summed E-state index contributed by atoms with van der Waals surface area (Å²) >= 11 is 0. The minimum atomic E-state index is -1.02. The molecular formula is C17H20N4O4. The number of benzene rings is 1. The van der Waals surface area contributed by atoms with Crippen LogP contribution in [0.4, 0.5) is 0 Å². The summed E-state index contributed by atoms with van der Waals surface area (Å²) in [6, 6.07) is 6.87. The minimum Gasteiger partial charge on any atom is -0.391 e. The van der Waals surface area contributed by atoms with Crippen LogP contribution in [0.2, 0.25) is 0 Å². The second kappa shape index (κ2) is 7.77. The average Bonchev–Trinajstić information content (AvgIpc) is 2.97. The van der Waals surface area contributed by atoms with Gasteiger partial charge in [0.25, 0.3) is 0 Å². The van der Waals surface area contributed by atoms with Crippen molar-refractivity contribution in [1.29, 1.82) is 5.26 Å². The van der Waals surface area contributed by atoms with Gasteiger partial charge in [-0.15, -0.1) is 0 Å². The number of primary amides is 1. The third kappa shape index (κ3) is 4.33. The van der Waals surface area contributed by atoms with E-state index in [0.717, 1.165) is 0 Å². The number of likely N-dealkylation sites (tertiary alicyclic amines) is 1. The van der Waals surface area contributed by atoms with Crippen molar-refractivity contribution in [3.63, 3.8) is 0 Å². The highest BCUT2D eigenvalue weighted by molar-refractivity contribution is 5.91. The Morgan fingerprint density at radius 3 is 2.72 bits per heavy atom. The topological polar surface area (TPSA) is 137 Å². The number of carbonyl (C=O) groups is 3. The normalized spacial score (nSPS) is 20.6. The second-order valence-corrected chi connectivity index (χ2v) is 6.01. The second-order valence-electron chi connectivity index (χ2n) is 6.01. The van der Waals surface area contributed by atoms with Crippen LogP contribution >= 0.6 is 0 Å². The Morgan fingerprint density at radius 1 is 1.44 bits per heavy atom. The summed E-state index contributed by atoms with van der Waals surface area (Å²) in [5.74, 6) is -1.62. The van der Waals surface area contributed by atoms with Crippen LogP contribution in [0.5, 0.6) is 0 Å². The molecule has 1 aliphatic rings. The predicted octanol–water partition coefficient (Wildman–Crippen LogP) is -0.947. The summed E-state index contributed by atoms with van der Waals surface area (Å²) < 4.78 is 0. The number of amides is 3. The fraction of sp³-hybridized carbons (Fsp3) is 0.412. The van der Waals surface area contributed by atoms with Gasteiger partial charge in [-0.05, 0) is 11.6 Å². The summed E-state index contributed by atoms with van der Waals surface area (Å²) in [5, 5.41) is 21.4. The van der Waals surface area contributed by atoms with Crippen molar-refractivity contribution in [2.75, 3.05) is 6.54 Å². The van der Waals surface area contributed by atoms with Crippen LogP contribution in [0.1, 0.15) is 24.5 Å². The molecule has 4 N–H and O–H groups in total. The summed E-state index contributed by atoms with van der Waals surface area (Å²) in [4.78, 5) is 37.1. The average molecular weight is 344 g/mol. The quantitative estimate of drug-likeness (QED) is 0.633. The number of aliphatic hydroxyl groups excluding tert-OH is 1. The maximum absolute atomic E-state index is 12.5. The number of hydrogen-bond acceptors (Lipinski definition) is 5. The highest BCUT2D eigenvalue weighted by Crippen LogP contribution is 2.19. The Morgan fingerprint density at radius 2 is 2.12 bits per heavy atom. The lowest BCUT2D eigenvalue weighted by Gasteiger charge is -2.24. The minimum absolute atomic E-state index is 0.0696. The van der Waals surface area contributed by atoms with Gasteiger partial charge >= 0.3 is 0 Å². The SMILES string of the molecule is CC(=O)N1C[C@H](O)C[C@H]1C(=O)N[C@@H](Cc1ccccc1C#N)C(N)=O. The molecule has 0 aromatic heterocycles. The summed E-state index contributed by atoms with van der Waals surface area (Å²) in [7, 11) is 0. The molecule has 1 aromatic carbocycles. The van der Waals surface area contributed by atoms with Crippen molar-refractivity contribution < 1.29 is 19.5 Å². The number of rotatable bonds is 5. The molecular weight excluding hydrogens is 324 g/mol. The van der Waals surface area contributed by atoms with Crippen molar-refractivity contribution in [3.8, 4) is 6.07 Å². The van der Waals surface area contributed by atoms with Crippen LogP contribution in [0.3, 0.4) is 0 Å². The molecule has 0 aliphatic carbocycles. The zero-order valence-corrected chi connectivity index (χ0v) is 13.8. The van der Waals surface area contributed by atoms with E-state index in [-0.39, 0.29) is 25.3 Å². The van der Waals surface area contributed by atoms with Gasteiger partial charge in [0.15, 0.2) is 0 Å². The summed E-state index contributed by atoms with van der Waals surface area (Å²) in [5.41, 5.74) is 6.36. The molecule has 0 radical (unpaired) electrons. The molecule has 3 atom stereocenters. The smallest absolute Gasteiger partial charge is 0.243 e. The Balaban J connectivity index is 2.14. The van der Waals surface area contributed by atoms with E-state index >= 15 is 0 Å². The molecule has 0 bridgehead atoms. The molecule has 2 rings (SSSR count). The number of carbonyl (C=O) groups excluding carboxylic acids is 3. The molecule has 3 amide bonds. The highest BCUT2D eigenvalue weighted by atomic mass is 16.3. The molecule has 0 saturated carbocycles. The third-order valence-electron chi connectivity index (χ3n) is 4.21. The monoisotopic (exact) mass is 344 g/mol. The molecule has 132 valence electrons. The standard InChI is InChI=1S/C17H20N4O4/c1-10(22)21-9-13(23)7-15(21)17(25)20-14(16(19)24)6-11-4-2-3-5-12(11)8-18/h2-5,13-15,23H,6-7,9H2,1H3,(H2,19,24)(H,20,25)/t13-,14+,15+/m1/s1. The van der Waals surface area contributed by atoms with Crippen LogP contribution in [-0.2, 0) is 20.8 Å². The third-order valence-corrected chi connectivity index (χ3v) is 4.21. The van der Waals surface area contributed by atoms with Gasteiger partial charge < -0.3 is 21.1 Å². The number of nitriles is 1. The van der Waals surface area contributed by atoms with E-state index in [9.17, 15) is 19.5 Å².